The maximum absolute atomic E-state index is 12.1. The van der Waals surface area contributed by atoms with E-state index in [2.05, 4.69) is 0 Å². The van der Waals surface area contributed by atoms with Gasteiger partial charge in [-0.05, 0) is 26.3 Å². The number of carbonyl (C=O) groups is 2. The highest BCUT2D eigenvalue weighted by Crippen LogP contribution is 2.21. The maximum Gasteiger partial charge on any atom is 0.410 e. The standard InChI is InChI=1S/C19H28N2O5/c1-19(2,3)26-18(24)21-11-15(16(22)12-21)10-20(4)17(23)25-13-14-8-6-5-7-9-14/h5-9,15-16,22H,10-13H2,1-4H3/t15-,16+/m0/s1. The number of amides is 2. The summed E-state index contributed by atoms with van der Waals surface area (Å²) in [6.07, 6.45) is -1.61. The second kappa shape index (κ2) is 8.40. The molecule has 144 valence electrons. The van der Waals surface area contributed by atoms with Crippen molar-refractivity contribution in [3.8, 4) is 0 Å². The maximum atomic E-state index is 12.1. The third-order valence-corrected chi connectivity index (χ3v) is 4.08. The zero-order valence-corrected chi connectivity index (χ0v) is 15.8. The lowest BCUT2D eigenvalue weighted by molar-refractivity contribution is 0.0269. The molecule has 26 heavy (non-hydrogen) atoms. The Morgan fingerprint density at radius 2 is 1.88 bits per heavy atom. The Kier molecular flexibility index (Phi) is 6.47. The molecule has 0 bridgehead atoms. The van der Waals surface area contributed by atoms with Crippen LogP contribution < -0.4 is 0 Å². The average Bonchev–Trinajstić information content (AvgIpc) is 2.93. The molecular weight excluding hydrogens is 336 g/mol. The largest absolute Gasteiger partial charge is 0.445 e. The first-order chi connectivity index (χ1) is 12.2. The molecule has 2 amide bonds. The van der Waals surface area contributed by atoms with E-state index in [0.717, 1.165) is 5.56 Å². The Labute approximate surface area is 154 Å². The quantitative estimate of drug-likeness (QED) is 0.888. The molecule has 0 aromatic heterocycles. The summed E-state index contributed by atoms with van der Waals surface area (Å²) in [4.78, 5) is 27.2. The van der Waals surface area contributed by atoms with Gasteiger partial charge in [0.05, 0.1) is 12.6 Å². The summed E-state index contributed by atoms with van der Waals surface area (Å²) >= 11 is 0. The molecule has 1 aromatic carbocycles. The summed E-state index contributed by atoms with van der Waals surface area (Å²) in [6, 6.07) is 9.43. The Hall–Kier alpha value is -2.28. The number of β-amino-alcohol motifs (C(OH)–C–C–N with tert-alkyl or cyclic N) is 1. The average molecular weight is 364 g/mol. The summed E-state index contributed by atoms with van der Waals surface area (Å²) < 4.78 is 10.6. The number of nitrogens with zero attached hydrogens (tertiary/aromatic N) is 2. The third-order valence-electron chi connectivity index (χ3n) is 4.08. The Morgan fingerprint density at radius 1 is 1.23 bits per heavy atom. The summed E-state index contributed by atoms with van der Waals surface area (Å²) in [5.41, 5.74) is 0.323. The van der Waals surface area contributed by atoms with E-state index in [1.54, 1.807) is 27.8 Å². The van der Waals surface area contributed by atoms with Crippen LogP contribution in [0.25, 0.3) is 0 Å². The van der Waals surface area contributed by atoms with Gasteiger partial charge in [-0.2, -0.15) is 0 Å². The van der Waals surface area contributed by atoms with Crippen LogP contribution in [0.1, 0.15) is 26.3 Å². The fraction of sp³-hybridized carbons (Fsp3) is 0.579. The first-order valence-corrected chi connectivity index (χ1v) is 8.73. The second-order valence-electron chi connectivity index (χ2n) is 7.63. The highest BCUT2D eigenvalue weighted by Gasteiger charge is 2.37. The SMILES string of the molecule is CN(C[C@H]1CN(C(=O)OC(C)(C)C)C[C@H]1O)C(=O)OCc1ccccc1. The fourth-order valence-electron chi connectivity index (χ4n) is 2.76. The number of benzene rings is 1. The van der Waals surface area contributed by atoms with Gasteiger partial charge in [-0.3, -0.25) is 0 Å². The molecular formula is C19H28N2O5. The van der Waals surface area contributed by atoms with Gasteiger partial charge in [-0.1, -0.05) is 30.3 Å². The number of hydrogen-bond donors (Lipinski definition) is 1. The van der Waals surface area contributed by atoms with Crippen molar-refractivity contribution in [2.45, 2.75) is 39.1 Å². The van der Waals surface area contributed by atoms with E-state index in [4.69, 9.17) is 9.47 Å². The first-order valence-electron chi connectivity index (χ1n) is 8.73. The minimum Gasteiger partial charge on any atom is -0.445 e. The predicted octanol–water partition coefficient (Wildman–Crippen LogP) is 2.48. The van der Waals surface area contributed by atoms with Gasteiger partial charge in [0, 0.05) is 26.1 Å². The van der Waals surface area contributed by atoms with Crippen LogP contribution >= 0.6 is 0 Å². The molecule has 1 heterocycles. The second-order valence-corrected chi connectivity index (χ2v) is 7.63. The van der Waals surface area contributed by atoms with Crippen molar-refractivity contribution in [1.82, 2.24) is 9.80 Å². The molecule has 1 aliphatic heterocycles. The van der Waals surface area contributed by atoms with E-state index in [1.165, 1.54) is 9.80 Å². The summed E-state index contributed by atoms with van der Waals surface area (Å²) in [7, 11) is 1.62. The van der Waals surface area contributed by atoms with E-state index in [9.17, 15) is 14.7 Å². The number of aliphatic hydroxyl groups excluding tert-OH is 1. The highest BCUT2D eigenvalue weighted by molar-refractivity contribution is 5.69. The van der Waals surface area contributed by atoms with Crippen LogP contribution in [0.5, 0.6) is 0 Å². The van der Waals surface area contributed by atoms with Gasteiger partial charge < -0.3 is 24.4 Å². The van der Waals surface area contributed by atoms with Gasteiger partial charge in [0.1, 0.15) is 12.2 Å². The molecule has 0 aliphatic carbocycles. The van der Waals surface area contributed by atoms with Crippen LogP contribution in [0.2, 0.25) is 0 Å². The van der Waals surface area contributed by atoms with Crippen LogP contribution in [0.15, 0.2) is 30.3 Å². The van der Waals surface area contributed by atoms with Gasteiger partial charge >= 0.3 is 12.2 Å². The van der Waals surface area contributed by atoms with E-state index in [0.29, 0.717) is 13.1 Å². The van der Waals surface area contributed by atoms with Gasteiger partial charge in [0.15, 0.2) is 0 Å². The van der Waals surface area contributed by atoms with E-state index in [1.807, 2.05) is 30.3 Å². The smallest absolute Gasteiger partial charge is 0.410 e. The monoisotopic (exact) mass is 364 g/mol. The number of likely N-dealkylation sites (tertiary alicyclic amines) is 1. The minimum absolute atomic E-state index is 0.196. The molecule has 7 nitrogen and oxygen atoms in total. The molecule has 1 saturated heterocycles. The molecule has 2 rings (SSSR count). The van der Waals surface area contributed by atoms with Crippen molar-refractivity contribution in [1.29, 1.82) is 0 Å². The zero-order chi connectivity index (χ0) is 19.3. The Morgan fingerprint density at radius 3 is 2.50 bits per heavy atom. The molecule has 1 N–H and O–H groups in total. The van der Waals surface area contributed by atoms with Gasteiger partial charge in [0.2, 0.25) is 0 Å². The van der Waals surface area contributed by atoms with Crippen LogP contribution in [0, 0.1) is 5.92 Å². The molecule has 0 spiro atoms. The Bertz CT molecular complexity index is 614. The number of aliphatic hydroxyl groups is 1. The van der Waals surface area contributed by atoms with Crippen molar-refractivity contribution in [2.24, 2.45) is 5.92 Å². The van der Waals surface area contributed by atoms with Crippen molar-refractivity contribution in [2.75, 3.05) is 26.7 Å². The van der Waals surface area contributed by atoms with Gasteiger partial charge in [0.25, 0.3) is 0 Å². The zero-order valence-electron chi connectivity index (χ0n) is 15.8. The lowest BCUT2D eigenvalue weighted by Crippen LogP contribution is -2.37. The molecule has 7 heteroatoms. The summed E-state index contributed by atoms with van der Waals surface area (Å²) in [5, 5.41) is 10.2. The first kappa shape index (κ1) is 20.0. The normalized spacial score (nSPS) is 20.0. The van der Waals surface area contributed by atoms with Crippen LogP contribution in [0.4, 0.5) is 9.59 Å². The van der Waals surface area contributed by atoms with Crippen LogP contribution in [0.3, 0.4) is 0 Å². The molecule has 1 aromatic rings. The van der Waals surface area contributed by atoms with Crippen molar-refractivity contribution < 1.29 is 24.2 Å². The molecule has 1 aliphatic rings. The number of rotatable bonds is 4. The van der Waals surface area contributed by atoms with E-state index >= 15 is 0 Å². The van der Waals surface area contributed by atoms with Crippen molar-refractivity contribution >= 4 is 12.2 Å². The lowest BCUT2D eigenvalue weighted by atomic mass is 10.1. The number of ether oxygens (including phenoxy) is 2. The third kappa shape index (κ3) is 5.91. The van der Waals surface area contributed by atoms with Gasteiger partial charge in [-0.25, -0.2) is 9.59 Å². The molecule has 1 fully saturated rings. The van der Waals surface area contributed by atoms with Crippen LogP contribution in [-0.4, -0.2) is 65.5 Å². The van der Waals surface area contributed by atoms with Crippen molar-refractivity contribution in [3.05, 3.63) is 35.9 Å². The molecule has 0 radical (unpaired) electrons. The van der Waals surface area contributed by atoms with E-state index in [-0.39, 0.29) is 19.1 Å². The predicted molar refractivity (Wildman–Crippen MR) is 96.6 cm³/mol. The summed E-state index contributed by atoms with van der Waals surface area (Å²) in [6.45, 7) is 6.43. The van der Waals surface area contributed by atoms with Gasteiger partial charge in [-0.15, -0.1) is 0 Å². The topological polar surface area (TPSA) is 79.3 Å². The fourth-order valence-corrected chi connectivity index (χ4v) is 2.76. The minimum atomic E-state index is -0.702. The molecule has 0 unspecified atom stereocenters. The van der Waals surface area contributed by atoms with E-state index < -0.39 is 23.9 Å². The number of hydrogen-bond acceptors (Lipinski definition) is 5. The number of carbonyl (C=O) groups excluding carboxylic acids is 2. The summed E-state index contributed by atoms with van der Waals surface area (Å²) in [5.74, 6) is -0.239. The van der Waals surface area contributed by atoms with Crippen molar-refractivity contribution in [3.63, 3.8) is 0 Å². The molecule has 2 atom stereocenters. The molecule has 0 saturated carbocycles. The van der Waals surface area contributed by atoms with Crippen LogP contribution in [-0.2, 0) is 16.1 Å². The Balaban J connectivity index is 1.81. The lowest BCUT2D eigenvalue weighted by Gasteiger charge is -2.25. The highest BCUT2D eigenvalue weighted by atomic mass is 16.6.